The third kappa shape index (κ3) is 5.41. The van der Waals surface area contributed by atoms with E-state index >= 15 is 0 Å². The summed E-state index contributed by atoms with van der Waals surface area (Å²) in [6.07, 6.45) is 2.28. The minimum Gasteiger partial charge on any atom is -0.350 e. The Kier molecular flexibility index (Phi) is 6.16. The zero-order chi connectivity index (χ0) is 16.7. The van der Waals surface area contributed by atoms with E-state index in [4.69, 9.17) is 0 Å². The van der Waals surface area contributed by atoms with E-state index in [0.717, 1.165) is 24.2 Å². The number of nitrogens with zero attached hydrogens (tertiary/aromatic N) is 2. The van der Waals surface area contributed by atoms with Crippen LogP contribution < -0.4 is 10.6 Å². The van der Waals surface area contributed by atoms with Crippen molar-refractivity contribution in [3.63, 3.8) is 0 Å². The van der Waals surface area contributed by atoms with Crippen LogP contribution in [0, 0.1) is 5.82 Å². The van der Waals surface area contributed by atoms with Gasteiger partial charge in [-0.2, -0.15) is 0 Å². The minimum atomic E-state index is -0.419. The Morgan fingerprint density at radius 1 is 1.22 bits per heavy atom. The second kappa shape index (κ2) is 8.33. The van der Waals surface area contributed by atoms with Gasteiger partial charge in [-0.05, 0) is 30.7 Å². The van der Waals surface area contributed by atoms with Crippen LogP contribution in [-0.2, 0) is 11.3 Å². The summed E-state index contributed by atoms with van der Waals surface area (Å²) in [4.78, 5) is 23.5. The quantitative estimate of drug-likeness (QED) is 0.814. The first kappa shape index (κ1) is 17.0. The Balaban J connectivity index is 1.87. The van der Waals surface area contributed by atoms with Crippen molar-refractivity contribution in [3.8, 4) is 0 Å². The Morgan fingerprint density at radius 2 is 1.96 bits per heavy atom. The molecule has 0 aliphatic rings. The van der Waals surface area contributed by atoms with Crippen molar-refractivity contribution in [1.82, 2.24) is 15.5 Å². The van der Waals surface area contributed by atoms with Crippen molar-refractivity contribution >= 4 is 28.8 Å². The van der Waals surface area contributed by atoms with Crippen molar-refractivity contribution in [2.45, 2.75) is 32.7 Å². The Morgan fingerprint density at radius 3 is 2.65 bits per heavy atom. The highest BCUT2D eigenvalue weighted by molar-refractivity contribution is 7.13. The largest absolute Gasteiger partial charge is 0.350 e. The molecule has 1 aromatic heterocycles. The number of carbonyl (C=O) groups excluding carboxylic acids is 2. The fraction of sp³-hybridized carbons (Fsp3) is 0.333. The lowest BCUT2D eigenvalue weighted by Crippen LogP contribution is -2.22. The number of carbonyl (C=O) groups is 2. The monoisotopic (exact) mass is 336 g/mol. The number of aromatic nitrogens is 2. The average molecular weight is 336 g/mol. The van der Waals surface area contributed by atoms with Crippen LogP contribution in [0.1, 0.15) is 41.0 Å². The lowest BCUT2D eigenvalue weighted by atomic mass is 10.2. The van der Waals surface area contributed by atoms with Gasteiger partial charge in [-0.15, -0.1) is 10.2 Å². The molecule has 2 aromatic rings. The first-order valence-corrected chi connectivity index (χ1v) is 8.06. The summed E-state index contributed by atoms with van der Waals surface area (Å²) in [5, 5.41) is 13.8. The molecule has 1 aromatic carbocycles. The Hall–Kier alpha value is -2.35. The summed E-state index contributed by atoms with van der Waals surface area (Å²) < 4.78 is 12.8. The molecule has 1 heterocycles. The molecule has 0 spiro atoms. The second-order valence-electron chi connectivity index (χ2n) is 4.84. The van der Waals surface area contributed by atoms with Crippen LogP contribution in [0.2, 0.25) is 0 Å². The van der Waals surface area contributed by atoms with Crippen LogP contribution in [0.4, 0.5) is 10.1 Å². The first-order chi connectivity index (χ1) is 11.1. The Bertz CT molecular complexity index is 672. The van der Waals surface area contributed by atoms with Crippen LogP contribution in [0.25, 0.3) is 0 Å². The van der Waals surface area contributed by atoms with Crippen molar-refractivity contribution < 1.29 is 14.0 Å². The average Bonchev–Trinajstić information content (AvgIpc) is 3.02. The van der Waals surface area contributed by atoms with E-state index in [1.807, 2.05) is 6.92 Å². The first-order valence-electron chi connectivity index (χ1n) is 7.24. The molecule has 122 valence electrons. The number of hydrogen-bond donors (Lipinski definition) is 2. The lowest BCUT2D eigenvalue weighted by Gasteiger charge is -2.02. The van der Waals surface area contributed by atoms with E-state index in [9.17, 15) is 14.0 Å². The summed E-state index contributed by atoms with van der Waals surface area (Å²) in [6.45, 7) is 2.27. The number of nitrogens with one attached hydrogen (secondary N) is 2. The van der Waals surface area contributed by atoms with E-state index in [1.165, 1.54) is 24.3 Å². The predicted molar refractivity (Wildman–Crippen MR) is 85.6 cm³/mol. The number of hydrogen-bond acceptors (Lipinski definition) is 5. The maximum atomic E-state index is 12.8. The molecule has 0 saturated heterocycles. The fourth-order valence-electron chi connectivity index (χ4n) is 1.73. The van der Waals surface area contributed by atoms with Crippen molar-refractivity contribution in [3.05, 3.63) is 40.1 Å². The second-order valence-corrected chi connectivity index (χ2v) is 5.90. The van der Waals surface area contributed by atoms with Crippen LogP contribution in [-0.4, -0.2) is 22.0 Å². The lowest BCUT2D eigenvalue weighted by molar-refractivity contribution is -0.121. The molecule has 0 bridgehead atoms. The van der Waals surface area contributed by atoms with Gasteiger partial charge in [0.1, 0.15) is 10.8 Å². The number of anilines is 1. The summed E-state index contributed by atoms with van der Waals surface area (Å²) in [5.74, 6) is -0.836. The molecule has 0 atom stereocenters. The van der Waals surface area contributed by atoms with Crippen LogP contribution >= 0.6 is 11.3 Å². The zero-order valence-corrected chi connectivity index (χ0v) is 13.5. The van der Waals surface area contributed by atoms with Gasteiger partial charge in [0.2, 0.25) is 10.9 Å². The third-order valence-corrected chi connectivity index (χ3v) is 3.88. The smallest absolute Gasteiger partial charge is 0.286 e. The summed E-state index contributed by atoms with van der Waals surface area (Å²) in [5.41, 5.74) is 0.473. The molecule has 6 nitrogen and oxygen atoms in total. The van der Waals surface area contributed by atoms with Crippen molar-refractivity contribution in [1.29, 1.82) is 0 Å². The molecule has 0 radical (unpaired) electrons. The normalized spacial score (nSPS) is 10.3. The maximum Gasteiger partial charge on any atom is 0.286 e. The van der Waals surface area contributed by atoms with E-state index < -0.39 is 5.91 Å². The summed E-state index contributed by atoms with van der Waals surface area (Å²) in [6, 6.07) is 5.44. The molecule has 8 heteroatoms. The topological polar surface area (TPSA) is 84.0 Å². The minimum absolute atomic E-state index is 0.0423. The molecular formula is C15H17FN4O2S. The van der Waals surface area contributed by atoms with Gasteiger partial charge in [-0.3, -0.25) is 9.59 Å². The van der Waals surface area contributed by atoms with Crippen LogP contribution in [0.5, 0.6) is 0 Å². The molecule has 2 N–H and O–H groups in total. The fourth-order valence-corrected chi connectivity index (χ4v) is 2.41. The Labute approximate surface area is 137 Å². The molecule has 0 aliphatic heterocycles. The molecule has 0 fully saturated rings. The van der Waals surface area contributed by atoms with Crippen LogP contribution in [0.3, 0.4) is 0 Å². The summed E-state index contributed by atoms with van der Waals surface area (Å²) >= 11 is 1.11. The molecule has 23 heavy (non-hydrogen) atoms. The highest BCUT2D eigenvalue weighted by Gasteiger charge is 2.13. The molecular weight excluding hydrogens is 319 g/mol. The summed E-state index contributed by atoms with van der Waals surface area (Å²) in [7, 11) is 0. The van der Waals surface area contributed by atoms with Gasteiger partial charge in [-0.25, -0.2) is 4.39 Å². The van der Waals surface area contributed by atoms with Gasteiger partial charge < -0.3 is 10.6 Å². The molecule has 2 amide bonds. The molecule has 0 unspecified atom stereocenters. The number of benzene rings is 1. The van der Waals surface area contributed by atoms with Crippen molar-refractivity contribution in [2.24, 2.45) is 0 Å². The van der Waals surface area contributed by atoms with E-state index in [-0.39, 0.29) is 23.3 Å². The van der Waals surface area contributed by atoms with Gasteiger partial charge in [0.15, 0.2) is 0 Å². The number of unbranched alkanes of at least 4 members (excludes halogenated alkanes) is 1. The van der Waals surface area contributed by atoms with Gasteiger partial charge in [0.05, 0.1) is 6.54 Å². The standard InChI is InChI=1S/C15H17FN4O2S/c1-2-3-4-12(21)17-9-13-19-20-15(23-13)14(22)18-11-7-5-10(16)6-8-11/h5-8H,2-4,9H2,1H3,(H,17,21)(H,18,22). The predicted octanol–water partition coefficient (Wildman–Crippen LogP) is 2.74. The van der Waals surface area contributed by atoms with Gasteiger partial charge in [-0.1, -0.05) is 24.7 Å². The number of amides is 2. The third-order valence-electron chi connectivity index (χ3n) is 2.96. The van der Waals surface area contributed by atoms with Gasteiger partial charge >= 0.3 is 0 Å². The highest BCUT2D eigenvalue weighted by atomic mass is 32.1. The molecule has 2 rings (SSSR count). The molecule has 0 saturated carbocycles. The van der Waals surface area contributed by atoms with E-state index in [2.05, 4.69) is 20.8 Å². The van der Waals surface area contributed by atoms with Crippen molar-refractivity contribution in [2.75, 3.05) is 5.32 Å². The van der Waals surface area contributed by atoms with E-state index in [1.54, 1.807) is 0 Å². The van der Waals surface area contributed by atoms with Crippen LogP contribution in [0.15, 0.2) is 24.3 Å². The zero-order valence-electron chi connectivity index (χ0n) is 12.6. The molecule has 0 aliphatic carbocycles. The van der Waals surface area contributed by atoms with Gasteiger partial charge in [0, 0.05) is 12.1 Å². The maximum absolute atomic E-state index is 12.8. The SMILES string of the molecule is CCCCC(=O)NCc1nnc(C(=O)Nc2ccc(F)cc2)s1. The van der Waals surface area contributed by atoms with E-state index in [0.29, 0.717) is 17.1 Å². The van der Waals surface area contributed by atoms with Gasteiger partial charge in [0.25, 0.3) is 5.91 Å². The number of halogens is 1. The highest BCUT2D eigenvalue weighted by Crippen LogP contribution is 2.14. The number of rotatable bonds is 7.